The van der Waals surface area contributed by atoms with E-state index in [1.54, 1.807) is 0 Å². The molecule has 0 radical (unpaired) electrons. The van der Waals surface area contributed by atoms with Gasteiger partial charge in [-0.3, -0.25) is 0 Å². The molecule has 1 aromatic carbocycles. The third-order valence-electron chi connectivity index (χ3n) is 3.90. The van der Waals surface area contributed by atoms with Crippen molar-refractivity contribution in [2.75, 3.05) is 5.73 Å². The molecule has 0 aliphatic rings. The molecule has 0 saturated carbocycles. The second-order valence-corrected chi connectivity index (χ2v) is 6.49. The van der Waals surface area contributed by atoms with Gasteiger partial charge in [-0.1, -0.05) is 11.6 Å². The van der Waals surface area contributed by atoms with Gasteiger partial charge in [0.15, 0.2) is 0 Å². The Kier molecular flexibility index (Phi) is 5.47. The summed E-state index contributed by atoms with van der Waals surface area (Å²) in [4.78, 5) is 14.8. The molecule has 25 heavy (non-hydrogen) atoms. The Balaban J connectivity index is 2.54. The van der Waals surface area contributed by atoms with Crippen LogP contribution in [0.2, 0.25) is 5.02 Å². The summed E-state index contributed by atoms with van der Waals surface area (Å²) in [5.74, 6) is -1.87. The molecule has 0 amide bonds. The lowest BCUT2D eigenvalue weighted by molar-refractivity contribution is -0.294. The second-order valence-electron chi connectivity index (χ2n) is 6.08. The maximum absolute atomic E-state index is 14.1. The zero-order chi connectivity index (χ0) is 18.8. The van der Waals surface area contributed by atoms with E-state index in [0.29, 0.717) is 5.56 Å². The van der Waals surface area contributed by atoms with E-state index < -0.39 is 29.3 Å². The zero-order valence-corrected chi connectivity index (χ0v) is 14.3. The van der Waals surface area contributed by atoms with Crippen molar-refractivity contribution >= 4 is 23.6 Å². The van der Waals surface area contributed by atoms with Crippen LogP contribution >= 0.6 is 11.6 Å². The van der Waals surface area contributed by atoms with Gasteiger partial charge in [-0.25, -0.2) is 13.8 Å². The number of anilines is 1. The van der Waals surface area contributed by atoms with Crippen molar-refractivity contribution in [3.8, 4) is 0 Å². The predicted molar refractivity (Wildman–Crippen MR) is 87.0 cm³/mol. The van der Waals surface area contributed by atoms with Crippen molar-refractivity contribution in [1.82, 2.24) is 4.98 Å². The molecule has 0 saturated heterocycles. The fourth-order valence-electron chi connectivity index (χ4n) is 2.67. The minimum atomic E-state index is -1.74. The number of pyridine rings is 1. The van der Waals surface area contributed by atoms with Crippen molar-refractivity contribution in [3.63, 3.8) is 0 Å². The molecule has 0 aliphatic heterocycles. The molecule has 1 unspecified atom stereocenters. The summed E-state index contributed by atoms with van der Waals surface area (Å²) < 4.78 is 32.4. The first kappa shape index (κ1) is 18.9. The van der Waals surface area contributed by atoms with E-state index in [1.165, 1.54) is 26.1 Å². The van der Waals surface area contributed by atoms with Crippen LogP contribution in [0.25, 0.3) is 0 Å². The number of carbonyl (C=O) groups is 1. The molecular formula is C17H16ClF2N2O3-. The molecule has 2 N–H and O–H groups in total. The van der Waals surface area contributed by atoms with Gasteiger partial charge >= 0.3 is 0 Å². The van der Waals surface area contributed by atoms with Gasteiger partial charge in [0.05, 0.1) is 10.6 Å². The third-order valence-corrected chi connectivity index (χ3v) is 4.21. The number of nitrogens with two attached hydrogens (primary N) is 1. The largest absolute Gasteiger partial charge is 0.543 e. The Hall–Kier alpha value is -2.41. The van der Waals surface area contributed by atoms with Crippen LogP contribution in [-0.4, -0.2) is 16.7 Å². The van der Waals surface area contributed by atoms with Gasteiger partial charge < -0.3 is 20.4 Å². The molecule has 1 aromatic heterocycles. The summed E-state index contributed by atoms with van der Waals surface area (Å²) in [5.41, 5.74) is 4.79. The van der Waals surface area contributed by atoms with Crippen LogP contribution in [0.5, 0.6) is 0 Å². The van der Waals surface area contributed by atoms with Gasteiger partial charge in [-0.15, -0.1) is 0 Å². The summed E-state index contributed by atoms with van der Waals surface area (Å²) >= 11 is 6.17. The molecule has 0 aliphatic carbocycles. The Labute approximate surface area is 148 Å². The van der Waals surface area contributed by atoms with Gasteiger partial charge in [0.1, 0.15) is 17.5 Å². The lowest BCUT2D eigenvalue weighted by Gasteiger charge is -2.39. The summed E-state index contributed by atoms with van der Waals surface area (Å²) in [7, 11) is 0. The minimum Gasteiger partial charge on any atom is -0.543 e. The van der Waals surface area contributed by atoms with Gasteiger partial charge in [-0.2, -0.15) is 0 Å². The predicted octanol–water partition coefficient (Wildman–Crippen LogP) is 3.06. The van der Waals surface area contributed by atoms with E-state index in [0.717, 1.165) is 18.2 Å². The highest BCUT2D eigenvalue weighted by Gasteiger charge is 2.33. The van der Waals surface area contributed by atoms with Gasteiger partial charge in [0.2, 0.25) is 0 Å². The van der Waals surface area contributed by atoms with E-state index in [2.05, 4.69) is 4.98 Å². The molecule has 0 bridgehead atoms. The number of halogens is 3. The van der Waals surface area contributed by atoms with Crippen molar-refractivity contribution in [2.24, 2.45) is 0 Å². The number of benzene rings is 1. The average molecular weight is 370 g/mol. The number of aromatic nitrogens is 1. The Morgan fingerprint density at radius 1 is 1.40 bits per heavy atom. The third kappa shape index (κ3) is 4.57. The highest BCUT2D eigenvalue weighted by atomic mass is 35.5. The molecular weight excluding hydrogens is 354 g/mol. The Morgan fingerprint density at radius 2 is 2.08 bits per heavy atom. The maximum Gasteiger partial charge on any atom is 0.252 e. The van der Waals surface area contributed by atoms with Gasteiger partial charge in [0, 0.05) is 12.1 Å². The fourth-order valence-corrected chi connectivity index (χ4v) is 2.91. The van der Waals surface area contributed by atoms with E-state index >= 15 is 0 Å². The lowest BCUT2D eigenvalue weighted by atomic mass is 9.80. The Morgan fingerprint density at radius 3 is 2.72 bits per heavy atom. The number of nitrogen functional groups attached to an aromatic ring is 1. The number of hydrogen-bond acceptors (Lipinski definition) is 5. The summed E-state index contributed by atoms with van der Waals surface area (Å²) in [6.45, 7) is 2.97. The molecule has 8 heteroatoms. The molecule has 0 fully saturated rings. The van der Waals surface area contributed by atoms with Crippen molar-refractivity contribution < 1.29 is 23.4 Å². The van der Waals surface area contributed by atoms with E-state index in [9.17, 15) is 18.7 Å². The first-order valence-electron chi connectivity index (χ1n) is 7.35. The minimum absolute atomic E-state index is 0.0477. The highest BCUT2D eigenvalue weighted by Crippen LogP contribution is 2.38. The van der Waals surface area contributed by atoms with E-state index in [1.807, 2.05) is 0 Å². The first-order valence-corrected chi connectivity index (χ1v) is 7.73. The fraction of sp³-hybridized carbons (Fsp3) is 0.294. The summed E-state index contributed by atoms with van der Waals surface area (Å²) in [6.07, 6.45) is -0.517. The molecule has 0 spiro atoms. The smallest absolute Gasteiger partial charge is 0.252 e. The van der Waals surface area contributed by atoms with Crippen molar-refractivity contribution in [1.29, 1.82) is 0 Å². The van der Waals surface area contributed by atoms with E-state index in [-0.39, 0.29) is 22.8 Å². The average Bonchev–Trinajstić information content (AvgIpc) is 2.49. The van der Waals surface area contributed by atoms with Crippen LogP contribution in [-0.2, 0) is 11.2 Å². The second kappa shape index (κ2) is 7.23. The monoisotopic (exact) mass is 369 g/mol. The SMILES string of the molecule is CC(C)(OC(=O)[O-])C(Cc1cc(F)ccc1F)c1cc(N)ncc1Cl. The maximum atomic E-state index is 14.1. The van der Waals surface area contributed by atoms with Crippen LogP contribution in [0.3, 0.4) is 0 Å². The zero-order valence-electron chi connectivity index (χ0n) is 13.6. The number of ether oxygens (including phenoxy) is 1. The van der Waals surface area contributed by atoms with Crippen molar-refractivity contribution in [2.45, 2.75) is 31.8 Å². The summed E-state index contributed by atoms with van der Waals surface area (Å²) in [6, 6.07) is 4.48. The topological polar surface area (TPSA) is 88.3 Å². The van der Waals surface area contributed by atoms with Crippen molar-refractivity contribution in [3.05, 3.63) is 58.2 Å². The normalized spacial score (nSPS) is 12.7. The number of rotatable bonds is 5. The first-order chi connectivity index (χ1) is 11.6. The van der Waals surface area contributed by atoms with Crippen LogP contribution in [0.4, 0.5) is 19.4 Å². The molecule has 1 atom stereocenters. The Bertz CT molecular complexity index is 799. The van der Waals surface area contributed by atoms with Gasteiger partial charge in [0.25, 0.3) is 6.16 Å². The van der Waals surface area contributed by atoms with Crippen LogP contribution < -0.4 is 10.8 Å². The number of nitrogens with zero attached hydrogens (tertiary/aromatic N) is 1. The quantitative estimate of drug-likeness (QED) is 0.818. The highest BCUT2D eigenvalue weighted by molar-refractivity contribution is 6.31. The van der Waals surface area contributed by atoms with Crippen LogP contribution in [0.1, 0.15) is 30.9 Å². The number of carbonyl (C=O) groups excluding carboxylic acids is 1. The standard InChI is InChI=1S/C17H17ClF2N2O3/c1-17(2,25-16(23)24)12(11-7-15(21)22-8-13(11)18)6-9-5-10(19)3-4-14(9)20/h3-5,7-8,12H,6H2,1-2H3,(H2,21,22)(H,23,24)/p-1. The van der Waals surface area contributed by atoms with Gasteiger partial charge in [-0.05, 0) is 55.7 Å². The number of carboxylic acid groups (broad SMARTS) is 1. The van der Waals surface area contributed by atoms with E-state index in [4.69, 9.17) is 22.1 Å². The molecule has 134 valence electrons. The molecule has 2 rings (SSSR count). The van der Waals surface area contributed by atoms with Crippen LogP contribution in [0, 0.1) is 11.6 Å². The molecule has 5 nitrogen and oxygen atoms in total. The lowest BCUT2D eigenvalue weighted by Crippen LogP contribution is -2.41. The summed E-state index contributed by atoms with van der Waals surface area (Å²) in [5, 5.41) is 11.1. The molecule has 1 heterocycles. The number of hydrogen-bond donors (Lipinski definition) is 1. The molecule has 2 aromatic rings. The van der Waals surface area contributed by atoms with Crippen LogP contribution in [0.15, 0.2) is 30.5 Å².